The van der Waals surface area contributed by atoms with Crippen LogP contribution in [0.4, 0.5) is 0 Å². The number of hydrogen-bond donors (Lipinski definition) is 0. The van der Waals surface area contributed by atoms with E-state index in [1.54, 1.807) is 0 Å². The molecule has 72 valence electrons. The molecule has 0 nitrogen and oxygen atoms in total. The maximum Gasteiger partial charge on any atom is -0.0271 e. The quantitative estimate of drug-likeness (QED) is 0.639. The number of aryl methyl sites for hydroxylation is 2. The van der Waals surface area contributed by atoms with E-state index in [-0.39, 0.29) is 0 Å². The van der Waals surface area contributed by atoms with Gasteiger partial charge in [0.15, 0.2) is 0 Å². The highest BCUT2D eigenvalue weighted by molar-refractivity contribution is 5.25. The molecule has 0 atom stereocenters. The predicted octanol–water partition coefficient (Wildman–Crippen LogP) is 3.97. The van der Waals surface area contributed by atoms with Crippen LogP contribution in [0.1, 0.15) is 38.3 Å². The molecule has 0 saturated heterocycles. The van der Waals surface area contributed by atoms with Crippen molar-refractivity contribution in [3.05, 3.63) is 35.4 Å². The Labute approximate surface area is 82.0 Å². The van der Waals surface area contributed by atoms with Crippen LogP contribution in [0, 0.1) is 12.3 Å². The van der Waals surface area contributed by atoms with Crippen LogP contribution in [-0.4, -0.2) is 0 Å². The van der Waals surface area contributed by atoms with Gasteiger partial charge in [0, 0.05) is 0 Å². The first-order chi connectivity index (χ1) is 5.99. The predicted molar refractivity (Wildman–Crippen MR) is 59.0 cm³/mol. The molecule has 0 unspecified atom stereocenters. The van der Waals surface area contributed by atoms with Gasteiger partial charge in [0.05, 0.1) is 0 Å². The number of benzene rings is 1. The van der Waals surface area contributed by atoms with Crippen molar-refractivity contribution < 1.29 is 0 Å². The Hall–Kier alpha value is -0.780. The Kier molecular flexibility index (Phi) is 3.13. The van der Waals surface area contributed by atoms with E-state index < -0.39 is 0 Å². The fourth-order valence-corrected chi connectivity index (χ4v) is 1.40. The van der Waals surface area contributed by atoms with E-state index in [4.69, 9.17) is 0 Å². The van der Waals surface area contributed by atoms with Crippen molar-refractivity contribution in [2.24, 2.45) is 5.41 Å². The van der Waals surface area contributed by atoms with E-state index in [1.165, 1.54) is 24.0 Å². The molecule has 0 saturated carbocycles. The molecule has 0 heteroatoms. The molecular formula is C13H20. The van der Waals surface area contributed by atoms with Gasteiger partial charge in [-0.2, -0.15) is 0 Å². The van der Waals surface area contributed by atoms with Crippen molar-refractivity contribution in [1.82, 2.24) is 0 Å². The molecule has 1 aromatic rings. The molecule has 0 bridgehead atoms. The van der Waals surface area contributed by atoms with Crippen molar-refractivity contribution in [3.63, 3.8) is 0 Å². The highest BCUT2D eigenvalue weighted by Gasteiger charge is 2.10. The fourth-order valence-electron chi connectivity index (χ4n) is 1.40. The minimum atomic E-state index is 0.447. The minimum absolute atomic E-state index is 0.447. The first-order valence-corrected chi connectivity index (χ1v) is 5.03. The van der Waals surface area contributed by atoms with Crippen LogP contribution in [0.2, 0.25) is 0 Å². The third-order valence-corrected chi connectivity index (χ3v) is 2.41. The van der Waals surface area contributed by atoms with Gasteiger partial charge >= 0.3 is 0 Å². The molecule has 0 heterocycles. The van der Waals surface area contributed by atoms with E-state index in [0.29, 0.717) is 5.41 Å². The molecule has 1 rings (SSSR count). The first-order valence-electron chi connectivity index (χ1n) is 5.03. The molecule has 13 heavy (non-hydrogen) atoms. The van der Waals surface area contributed by atoms with Crippen LogP contribution in [0.15, 0.2) is 24.3 Å². The Bertz CT molecular complexity index is 266. The largest absolute Gasteiger partial charge is 0.0620 e. The van der Waals surface area contributed by atoms with E-state index in [0.717, 1.165) is 0 Å². The smallest absolute Gasteiger partial charge is 0.0271 e. The van der Waals surface area contributed by atoms with Crippen molar-refractivity contribution >= 4 is 0 Å². The van der Waals surface area contributed by atoms with Gasteiger partial charge in [-0.25, -0.2) is 0 Å². The second-order valence-corrected chi connectivity index (χ2v) is 4.99. The van der Waals surface area contributed by atoms with Gasteiger partial charge in [0.2, 0.25) is 0 Å². The molecule has 0 aliphatic rings. The Morgan fingerprint density at radius 2 is 1.69 bits per heavy atom. The molecule has 0 aliphatic carbocycles. The standard InChI is InChI=1S/C13H20/c1-11-7-5-6-8-12(11)9-10-13(2,3)4/h5-8H,9-10H2,1-4H3. The Morgan fingerprint density at radius 3 is 2.23 bits per heavy atom. The third kappa shape index (κ3) is 3.63. The van der Waals surface area contributed by atoms with Crippen LogP contribution < -0.4 is 0 Å². The Balaban J connectivity index is 2.60. The molecule has 0 aliphatic heterocycles. The summed E-state index contributed by atoms with van der Waals surface area (Å²) in [4.78, 5) is 0. The average molecular weight is 176 g/mol. The topological polar surface area (TPSA) is 0 Å². The van der Waals surface area contributed by atoms with Gasteiger partial charge < -0.3 is 0 Å². The van der Waals surface area contributed by atoms with Crippen molar-refractivity contribution in [2.45, 2.75) is 40.5 Å². The van der Waals surface area contributed by atoms with E-state index >= 15 is 0 Å². The molecule has 0 amide bonds. The maximum atomic E-state index is 2.30. The second kappa shape index (κ2) is 3.95. The van der Waals surface area contributed by atoms with Gasteiger partial charge in [0.25, 0.3) is 0 Å². The lowest BCUT2D eigenvalue weighted by Gasteiger charge is -2.18. The monoisotopic (exact) mass is 176 g/mol. The van der Waals surface area contributed by atoms with Crippen molar-refractivity contribution in [2.75, 3.05) is 0 Å². The molecule has 0 radical (unpaired) electrons. The SMILES string of the molecule is Cc1ccccc1CCC(C)(C)C. The fraction of sp³-hybridized carbons (Fsp3) is 0.538. The first kappa shape index (κ1) is 10.3. The molecule has 0 N–H and O–H groups in total. The second-order valence-electron chi connectivity index (χ2n) is 4.99. The molecule has 1 aromatic carbocycles. The summed E-state index contributed by atoms with van der Waals surface area (Å²) in [6.45, 7) is 9.08. The van der Waals surface area contributed by atoms with Gasteiger partial charge in [-0.3, -0.25) is 0 Å². The summed E-state index contributed by atoms with van der Waals surface area (Å²) in [5, 5.41) is 0. The van der Waals surface area contributed by atoms with Gasteiger partial charge in [-0.1, -0.05) is 45.0 Å². The van der Waals surface area contributed by atoms with Crippen LogP contribution in [0.5, 0.6) is 0 Å². The van der Waals surface area contributed by atoms with Crippen LogP contribution in [-0.2, 0) is 6.42 Å². The summed E-state index contributed by atoms with van der Waals surface area (Å²) in [6, 6.07) is 8.67. The summed E-state index contributed by atoms with van der Waals surface area (Å²) >= 11 is 0. The highest BCUT2D eigenvalue weighted by Crippen LogP contribution is 2.22. The van der Waals surface area contributed by atoms with Crippen LogP contribution in [0.25, 0.3) is 0 Å². The maximum absolute atomic E-state index is 2.30. The lowest BCUT2D eigenvalue weighted by atomic mass is 9.88. The van der Waals surface area contributed by atoms with Crippen molar-refractivity contribution in [1.29, 1.82) is 0 Å². The summed E-state index contributed by atoms with van der Waals surface area (Å²) in [7, 11) is 0. The zero-order chi connectivity index (χ0) is 9.90. The Morgan fingerprint density at radius 1 is 1.08 bits per heavy atom. The normalized spacial score (nSPS) is 11.7. The van der Waals surface area contributed by atoms with Crippen LogP contribution in [0.3, 0.4) is 0 Å². The molecule has 0 aromatic heterocycles. The summed E-state index contributed by atoms with van der Waals surface area (Å²) in [6.07, 6.45) is 2.47. The van der Waals surface area contributed by atoms with Crippen LogP contribution >= 0.6 is 0 Å². The number of hydrogen-bond acceptors (Lipinski definition) is 0. The van der Waals surface area contributed by atoms with E-state index in [9.17, 15) is 0 Å². The lowest BCUT2D eigenvalue weighted by molar-refractivity contribution is 0.378. The van der Waals surface area contributed by atoms with Gasteiger partial charge in [0.1, 0.15) is 0 Å². The zero-order valence-electron chi connectivity index (χ0n) is 9.22. The summed E-state index contributed by atoms with van der Waals surface area (Å²) in [5.41, 5.74) is 3.37. The molecular weight excluding hydrogens is 156 g/mol. The zero-order valence-corrected chi connectivity index (χ0v) is 9.22. The summed E-state index contributed by atoms with van der Waals surface area (Å²) in [5.74, 6) is 0. The molecule has 0 fully saturated rings. The average Bonchev–Trinajstić information content (AvgIpc) is 2.01. The highest BCUT2D eigenvalue weighted by atomic mass is 14.2. The van der Waals surface area contributed by atoms with E-state index in [1.807, 2.05) is 0 Å². The molecule has 0 spiro atoms. The third-order valence-electron chi connectivity index (χ3n) is 2.41. The minimum Gasteiger partial charge on any atom is -0.0620 e. The van der Waals surface area contributed by atoms with Gasteiger partial charge in [-0.05, 0) is 36.3 Å². The van der Waals surface area contributed by atoms with E-state index in [2.05, 4.69) is 52.0 Å². The number of rotatable bonds is 2. The van der Waals surface area contributed by atoms with Crippen molar-refractivity contribution in [3.8, 4) is 0 Å². The van der Waals surface area contributed by atoms with Gasteiger partial charge in [-0.15, -0.1) is 0 Å². The summed E-state index contributed by atoms with van der Waals surface area (Å²) < 4.78 is 0. The lowest BCUT2D eigenvalue weighted by Crippen LogP contribution is -2.06.